The second-order valence-corrected chi connectivity index (χ2v) is 15.5. The van der Waals surface area contributed by atoms with E-state index in [2.05, 4.69) is 175 Å². The first-order valence-corrected chi connectivity index (χ1v) is 20.6. The van der Waals surface area contributed by atoms with Gasteiger partial charge in [-0.05, 0) is 116 Å². The molecule has 0 spiro atoms. The first kappa shape index (κ1) is 34.8. The van der Waals surface area contributed by atoms with E-state index in [0.717, 1.165) is 72.4 Å². The van der Waals surface area contributed by atoms with Crippen molar-refractivity contribution in [1.82, 2.24) is 4.98 Å². The highest BCUT2D eigenvalue weighted by Gasteiger charge is 2.22. The maximum atomic E-state index is 6.64. The number of aromatic nitrogens is 1. The van der Waals surface area contributed by atoms with E-state index in [-0.39, 0.29) is 0 Å². The van der Waals surface area contributed by atoms with E-state index >= 15 is 0 Å². The molecule has 2 heterocycles. The van der Waals surface area contributed by atoms with Crippen molar-refractivity contribution in [3.8, 4) is 44.8 Å². The van der Waals surface area contributed by atoms with Crippen LogP contribution in [-0.4, -0.2) is 4.98 Å². The first-order valence-electron chi connectivity index (χ1n) is 20.6. The van der Waals surface area contributed by atoms with E-state index in [9.17, 15) is 0 Å². The van der Waals surface area contributed by atoms with Crippen LogP contribution >= 0.6 is 0 Å². The summed E-state index contributed by atoms with van der Waals surface area (Å²) in [6.45, 7) is 0. The zero-order chi connectivity index (χ0) is 40.3. The van der Waals surface area contributed by atoms with Crippen LogP contribution in [0.1, 0.15) is 0 Å². The maximum absolute atomic E-state index is 6.64. The third kappa shape index (κ3) is 5.96. The molecule has 0 fully saturated rings. The number of para-hydroxylation sites is 1. The summed E-state index contributed by atoms with van der Waals surface area (Å²) in [6.07, 6.45) is 0. The average molecular weight is 781 g/mol. The van der Waals surface area contributed by atoms with Crippen LogP contribution in [0.15, 0.2) is 227 Å². The predicted molar refractivity (Wildman–Crippen MR) is 253 cm³/mol. The standard InChI is InChI=1S/C57H36N2O2/c1-3-14-37(15-4-1)41-19-13-20-45(34-41)59(43-30-26-38(27-31-43)50-35-42-18-7-8-21-46(42)47-22-9-10-23-48(47)50)44-32-28-39(29-33-44)54-55-53(61-57(58-55)40-16-5-2-6-17-40)36-51-49-24-11-12-25-52(49)60-56(51)54/h1-36H. The molecule has 0 aliphatic heterocycles. The molecule has 0 aliphatic rings. The van der Waals surface area contributed by atoms with Gasteiger partial charge in [-0.1, -0.05) is 152 Å². The van der Waals surface area contributed by atoms with Crippen LogP contribution in [0.3, 0.4) is 0 Å². The lowest BCUT2D eigenvalue weighted by molar-refractivity contribution is 0.620. The molecule has 0 saturated heterocycles. The third-order valence-corrected chi connectivity index (χ3v) is 11.9. The average Bonchev–Trinajstić information content (AvgIpc) is 3.93. The van der Waals surface area contributed by atoms with Gasteiger partial charge in [-0.25, -0.2) is 4.98 Å². The molecule has 0 saturated carbocycles. The smallest absolute Gasteiger partial charge is 0.227 e. The molecular weight excluding hydrogens is 745 g/mol. The Kier molecular flexibility index (Phi) is 8.13. The lowest BCUT2D eigenvalue weighted by Gasteiger charge is -2.26. The van der Waals surface area contributed by atoms with E-state index in [1.165, 1.54) is 38.2 Å². The largest absolute Gasteiger partial charge is 0.455 e. The van der Waals surface area contributed by atoms with Gasteiger partial charge in [-0.3, -0.25) is 0 Å². The molecule has 10 aromatic carbocycles. The minimum Gasteiger partial charge on any atom is -0.455 e. The van der Waals surface area contributed by atoms with Crippen molar-refractivity contribution < 1.29 is 8.83 Å². The third-order valence-electron chi connectivity index (χ3n) is 11.9. The number of anilines is 3. The first-order chi connectivity index (χ1) is 30.2. The zero-order valence-electron chi connectivity index (χ0n) is 33.0. The Morgan fingerprint density at radius 2 is 0.951 bits per heavy atom. The van der Waals surface area contributed by atoms with Gasteiger partial charge >= 0.3 is 0 Å². The summed E-state index contributed by atoms with van der Waals surface area (Å²) >= 11 is 0. The quantitative estimate of drug-likeness (QED) is 0.151. The number of hydrogen-bond donors (Lipinski definition) is 0. The van der Waals surface area contributed by atoms with Crippen LogP contribution in [0.2, 0.25) is 0 Å². The van der Waals surface area contributed by atoms with E-state index in [1.54, 1.807) is 0 Å². The fourth-order valence-corrected chi connectivity index (χ4v) is 8.98. The van der Waals surface area contributed by atoms with Crippen LogP contribution in [0.5, 0.6) is 0 Å². The minimum atomic E-state index is 0.579. The van der Waals surface area contributed by atoms with E-state index in [0.29, 0.717) is 5.89 Å². The summed E-state index contributed by atoms with van der Waals surface area (Å²) in [5.74, 6) is 0.579. The maximum Gasteiger partial charge on any atom is 0.227 e. The molecule has 4 nitrogen and oxygen atoms in total. The molecule has 0 unspecified atom stereocenters. The monoisotopic (exact) mass is 780 g/mol. The van der Waals surface area contributed by atoms with Gasteiger partial charge in [0.15, 0.2) is 5.58 Å². The second kappa shape index (κ2) is 14.3. The van der Waals surface area contributed by atoms with Crippen LogP contribution in [0, 0.1) is 0 Å². The Morgan fingerprint density at radius 1 is 0.344 bits per heavy atom. The summed E-state index contributed by atoms with van der Waals surface area (Å²) in [7, 11) is 0. The molecule has 12 aromatic rings. The number of benzene rings is 10. The van der Waals surface area contributed by atoms with Crippen molar-refractivity contribution >= 4 is 71.6 Å². The molecule has 2 aromatic heterocycles. The van der Waals surface area contributed by atoms with Gasteiger partial charge in [0.2, 0.25) is 5.89 Å². The Morgan fingerprint density at radius 3 is 1.70 bits per heavy atom. The molecule has 4 heteroatoms. The molecule has 0 atom stereocenters. The van der Waals surface area contributed by atoms with E-state index < -0.39 is 0 Å². The number of hydrogen-bond acceptors (Lipinski definition) is 4. The van der Waals surface area contributed by atoms with Gasteiger partial charge in [-0.2, -0.15) is 0 Å². The van der Waals surface area contributed by atoms with Crippen LogP contribution in [0.25, 0.3) is 99.4 Å². The lowest BCUT2D eigenvalue weighted by atomic mass is 9.93. The molecule has 0 aliphatic carbocycles. The fraction of sp³-hybridized carbons (Fsp3) is 0. The summed E-state index contributed by atoms with van der Waals surface area (Å²) in [5.41, 5.74) is 13.8. The molecule has 286 valence electrons. The summed E-state index contributed by atoms with van der Waals surface area (Å²) in [5, 5.41) is 7.04. The highest BCUT2D eigenvalue weighted by molar-refractivity contribution is 6.17. The molecule has 0 N–H and O–H groups in total. The molecule has 12 rings (SSSR count). The molecule has 0 radical (unpaired) electrons. The topological polar surface area (TPSA) is 42.4 Å². The minimum absolute atomic E-state index is 0.579. The summed E-state index contributed by atoms with van der Waals surface area (Å²) in [6, 6.07) is 77.0. The molecule has 0 amide bonds. The van der Waals surface area contributed by atoms with Gasteiger partial charge in [0.05, 0.1) is 5.56 Å². The number of rotatable bonds is 7. The van der Waals surface area contributed by atoms with E-state index in [1.807, 2.05) is 48.5 Å². The highest BCUT2D eigenvalue weighted by Crippen LogP contribution is 2.44. The van der Waals surface area contributed by atoms with Gasteiger partial charge < -0.3 is 13.7 Å². The Labute approximate surface area is 352 Å². The Bertz CT molecular complexity index is 3570. The normalized spacial score (nSPS) is 11.6. The number of fused-ring (bicyclic) bond motifs is 7. The van der Waals surface area contributed by atoms with Gasteiger partial charge in [0.1, 0.15) is 16.7 Å². The fourth-order valence-electron chi connectivity index (χ4n) is 8.98. The molecule has 0 bridgehead atoms. The van der Waals surface area contributed by atoms with Crippen molar-refractivity contribution in [2.24, 2.45) is 0 Å². The Balaban J connectivity index is 1.01. The Hall–Kier alpha value is -8.21. The van der Waals surface area contributed by atoms with Crippen molar-refractivity contribution in [2.75, 3.05) is 4.90 Å². The van der Waals surface area contributed by atoms with Crippen molar-refractivity contribution in [3.63, 3.8) is 0 Å². The van der Waals surface area contributed by atoms with Crippen molar-refractivity contribution in [3.05, 3.63) is 218 Å². The number of furan rings is 1. The lowest BCUT2D eigenvalue weighted by Crippen LogP contribution is -2.10. The summed E-state index contributed by atoms with van der Waals surface area (Å²) in [4.78, 5) is 7.44. The van der Waals surface area contributed by atoms with Gasteiger partial charge in [0, 0.05) is 33.4 Å². The predicted octanol–water partition coefficient (Wildman–Crippen LogP) is 16.2. The number of oxazole rings is 1. The molecule has 61 heavy (non-hydrogen) atoms. The van der Waals surface area contributed by atoms with Crippen LogP contribution in [0.4, 0.5) is 17.1 Å². The second-order valence-electron chi connectivity index (χ2n) is 15.5. The van der Waals surface area contributed by atoms with Crippen LogP contribution in [-0.2, 0) is 0 Å². The summed E-state index contributed by atoms with van der Waals surface area (Å²) < 4.78 is 13.1. The van der Waals surface area contributed by atoms with Crippen LogP contribution < -0.4 is 4.90 Å². The zero-order valence-corrected chi connectivity index (χ0v) is 33.0. The van der Waals surface area contributed by atoms with Gasteiger partial charge in [-0.15, -0.1) is 0 Å². The number of nitrogens with zero attached hydrogens (tertiary/aromatic N) is 2. The van der Waals surface area contributed by atoms with E-state index in [4.69, 9.17) is 13.8 Å². The molecular formula is C57H36N2O2. The highest BCUT2D eigenvalue weighted by atomic mass is 16.4. The SMILES string of the molecule is c1ccc(-c2cccc(N(c3ccc(-c4cc5ccccc5c5ccccc45)cc3)c3ccc(-c4c5nc(-c6ccccc6)oc5cc5c4oc4ccccc45)cc3)c2)cc1. The van der Waals surface area contributed by atoms with Crippen molar-refractivity contribution in [1.29, 1.82) is 0 Å². The van der Waals surface area contributed by atoms with Crippen molar-refractivity contribution in [2.45, 2.75) is 0 Å². The van der Waals surface area contributed by atoms with Gasteiger partial charge in [0.25, 0.3) is 0 Å².